The van der Waals surface area contributed by atoms with Crippen LogP contribution in [0.4, 0.5) is 17.6 Å². The molecule has 0 N–H and O–H groups in total. The molecule has 0 aliphatic rings. The van der Waals surface area contributed by atoms with Gasteiger partial charge in [-0.3, -0.25) is 8.78 Å². The van der Waals surface area contributed by atoms with Gasteiger partial charge < -0.3 is 0 Å². The standard InChI is InChI=1S/C6HF4.C5H5.2CO.Fe/c7-3-1-4(8)6(10)2-5(3)9;1-2-4-5-3-1;2*1-2;/h1H;1-5H;;;/q2*-1;;;. The van der Waals surface area contributed by atoms with Crippen molar-refractivity contribution in [1.29, 1.82) is 0 Å². The first-order valence-corrected chi connectivity index (χ1v) is 4.41. The summed E-state index contributed by atoms with van der Waals surface area (Å²) in [5.41, 5.74) is 0. The largest absolute Gasteiger partial charge is 0.214 e. The fourth-order valence-electron chi connectivity index (χ4n) is 0.774. The summed E-state index contributed by atoms with van der Waals surface area (Å²) < 4.78 is 62.7. The molecular weight excluding hydrogens is 320 g/mol. The minimum Gasteiger partial charge on any atom is -0.214 e. The average Bonchev–Trinajstić information content (AvgIpc) is 3.00. The molecule has 0 bridgehead atoms. The Morgan fingerprint density at radius 2 is 1.20 bits per heavy atom. The molecule has 0 saturated carbocycles. The van der Waals surface area contributed by atoms with Crippen LogP contribution in [0.3, 0.4) is 0 Å². The zero-order valence-corrected chi connectivity index (χ0v) is 10.8. The Balaban J connectivity index is -0.000000246. The van der Waals surface area contributed by atoms with Gasteiger partial charge in [0.15, 0.2) is 0 Å². The maximum absolute atomic E-state index is 11.9. The molecule has 2 aromatic carbocycles. The first-order valence-electron chi connectivity index (χ1n) is 4.41. The molecule has 0 amide bonds. The predicted molar refractivity (Wildman–Crippen MR) is 55.0 cm³/mol. The van der Waals surface area contributed by atoms with Gasteiger partial charge in [-0.1, -0.05) is 6.07 Å². The van der Waals surface area contributed by atoms with Crippen LogP contribution in [0.2, 0.25) is 0 Å². The summed E-state index contributed by atoms with van der Waals surface area (Å²) in [5.74, 6) is -5.92. The Hall–Kier alpha value is -1.71. The SMILES string of the molecule is Fc1[c-]c(F)c(F)cc1F.[C-]#[O+].[C-]#[O+].[Fe].c1cc[cH-]c1. The van der Waals surface area contributed by atoms with Crippen LogP contribution in [0.5, 0.6) is 0 Å². The van der Waals surface area contributed by atoms with Gasteiger partial charge in [0.1, 0.15) is 0 Å². The molecule has 0 saturated heterocycles. The van der Waals surface area contributed by atoms with Crippen molar-refractivity contribution in [2.75, 3.05) is 0 Å². The molecule has 2 aromatic rings. The third-order valence-corrected chi connectivity index (χ3v) is 1.45. The zero-order valence-electron chi connectivity index (χ0n) is 9.65. The first-order chi connectivity index (χ1) is 9.11. The van der Waals surface area contributed by atoms with Crippen molar-refractivity contribution >= 4 is 0 Å². The molecule has 2 nitrogen and oxygen atoms in total. The Labute approximate surface area is 123 Å². The van der Waals surface area contributed by atoms with E-state index >= 15 is 0 Å². The van der Waals surface area contributed by atoms with E-state index in [-0.39, 0.29) is 23.1 Å². The van der Waals surface area contributed by atoms with E-state index in [9.17, 15) is 17.6 Å². The van der Waals surface area contributed by atoms with Crippen molar-refractivity contribution in [2.24, 2.45) is 0 Å². The molecule has 0 heterocycles. The summed E-state index contributed by atoms with van der Waals surface area (Å²) in [5, 5.41) is 0. The molecule has 0 fully saturated rings. The van der Waals surface area contributed by atoms with E-state index < -0.39 is 23.3 Å². The van der Waals surface area contributed by atoms with Gasteiger partial charge in [0.25, 0.3) is 0 Å². The molecule has 0 radical (unpaired) electrons. The number of benzene rings is 1. The van der Waals surface area contributed by atoms with Crippen LogP contribution in [0.15, 0.2) is 36.4 Å². The number of rotatable bonds is 0. The zero-order chi connectivity index (χ0) is 15.3. The van der Waals surface area contributed by atoms with Gasteiger partial charge in [0.05, 0.1) is 0 Å². The molecule has 0 aliphatic carbocycles. The fraction of sp³-hybridized carbons (Fsp3) is 0. The molecule has 0 atom stereocenters. The molecule has 0 aliphatic heterocycles. The smallest absolute Gasteiger partial charge is 0 e. The second-order valence-corrected chi connectivity index (χ2v) is 2.56. The van der Waals surface area contributed by atoms with Crippen LogP contribution in [-0.2, 0) is 26.4 Å². The topological polar surface area (TPSA) is 39.8 Å². The molecular formula is C13H6F4FeO2-2. The molecule has 0 aromatic heterocycles. The monoisotopic (exact) mass is 326 g/mol. The third kappa shape index (κ3) is 10.2. The van der Waals surface area contributed by atoms with Crippen molar-refractivity contribution in [2.45, 2.75) is 0 Å². The van der Waals surface area contributed by atoms with Gasteiger partial charge in [-0.05, 0) is 0 Å². The van der Waals surface area contributed by atoms with E-state index in [1.807, 2.05) is 30.3 Å². The molecule has 20 heavy (non-hydrogen) atoms. The van der Waals surface area contributed by atoms with E-state index in [1.54, 1.807) is 0 Å². The summed E-state index contributed by atoms with van der Waals surface area (Å²) >= 11 is 0. The second kappa shape index (κ2) is 15.3. The quantitative estimate of drug-likeness (QED) is 0.234. The maximum atomic E-state index is 11.9. The number of hydrogen-bond donors (Lipinski definition) is 0. The molecule has 0 unspecified atom stereocenters. The van der Waals surface area contributed by atoms with Crippen molar-refractivity contribution in [3.63, 3.8) is 0 Å². The van der Waals surface area contributed by atoms with Crippen LogP contribution < -0.4 is 0 Å². The minimum atomic E-state index is -1.51. The molecule has 7 heteroatoms. The van der Waals surface area contributed by atoms with Crippen LogP contribution in [0.25, 0.3) is 0 Å². The Kier molecular flexibility index (Phi) is 17.9. The van der Waals surface area contributed by atoms with E-state index in [1.165, 1.54) is 6.07 Å². The van der Waals surface area contributed by atoms with Crippen molar-refractivity contribution in [3.8, 4) is 0 Å². The summed E-state index contributed by atoms with van der Waals surface area (Å²) in [6.45, 7) is 9.00. The summed E-state index contributed by atoms with van der Waals surface area (Å²) in [4.78, 5) is 0. The van der Waals surface area contributed by atoms with Gasteiger partial charge in [0, 0.05) is 40.3 Å². The maximum Gasteiger partial charge on any atom is 0 e. The Bertz CT molecular complexity index is 422. The molecule has 2 rings (SSSR count). The molecule has 108 valence electrons. The predicted octanol–water partition coefficient (Wildman–Crippen LogP) is 3.37. The van der Waals surface area contributed by atoms with Crippen LogP contribution in [0.1, 0.15) is 0 Å². The fourth-order valence-corrected chi connectivity index (χ4v) is 0.774. The average molecular weight is 326 g/mol. The summed E-state index contributed by atoms with van der Waals surface area (Å²) in [6.07, 6.45) is 0. The van der Waals surface area contributed by atoms with E-state index in [2.05, 4.69) is 13.3 Å². The first kappa shape index (κ1) is 23.4. The summed E-state index contributed by atoms with van der Waals surface area (Å²) in [6, 6.07) is 11.3. The van der Waals surface area contributed by atoms with Crippen LogP contribution in [-0.4, -0.2) is 0 Å². The third-order valence-electron chi connectivity index (χ3n) is 1.45. The van der Waals surface area contributed by atoms with E-state index in [0.717, 1.165) is 0 Å². The van der Waals surface area contributed by atoms with Crippen LogP contribution >= 0.6 is 0 Å². The van der Waals surface area contributed by atoms with Crippen molar-refractivity contribution in [3.05, 3.63) is 79.0 Å². The second-order valence-electron chi connectivity index (χ2n) is 2.56. The van der Waals surface area contributed by atoms with E-state index in [4.69, 9.17) is 9.30 Å². The van der Waals surface area contributed by atoms with Gasteiger partial charge in [-0.2, -0.15) is 18.2 Å². The van der Waals surface area contributed by atoms with Crippen molar-refractivity contribution < 1.29 is 43.9 Å². The molecule has 0 spiro atoms. The van der Waals surface area contributed by atoms with Gasteiger partial charge in [-0.25, -0.2) is 20.9 Å². The van der Waals surface area contributed by atoms with Gasteiger partial charge in [-0.15, -0.1) is 6.07 Å². The minimum absolute atomic E-state index is 0. The number of halogens is 4. The summed E-state index contributed by atoms with van der Waals surface area (Å²) in [7, 11) is 0. The van der Waals surface area contributed by atoms with E-state index in [0.29, 0.717) is 0 Å². The van der Waals surface area contributed by atoms with Crippen LogP contribution in [0, 0.1) is 42.6 Å². The normalized spacial score (nSPS) is 7.20. The van der Waals surface area contributed by atoms with Crippen molar-refractivity contribution in [1.82, 2.24) is 0 Å². The Morgan fingerprint density at radius 1 is 0.850 bits per heavy atom. The van der Waals surface area contributed by atoms with Gasteiger partial charge in [0.2, 0.25) is 0 Å². The number of hydrogen-bond acceptors (Lipinski definition) is 0. The van der Waals surface area contributed by atoms with Gasteiger partial charge >= 0.3 is 22.6 Å². The Morgan fingerprint density at radius 3 is 1.40 bits per heavy atom.